The van der Waals surface area contributed by atoms with Gasteiger partial charge in [0.15, 0.2) is 0 Å². The highest BCUT2D eigenvalue weighted by Gasteiger charge is 2.23. The Morgan fingerprint density at radius 2 is 1.63 bits per heavy atom. The molecular weight excluding hydrogens is 402 g/mol. The molecule has 1 atom stereocenters. The Morgan fingerprint density at radius 3 is 2.20 bits per heavy atom. The van der Waals surface area contributed by atoms with Gasteiger partial charge in [0.2, 0.25) is 0 Å². The van der Waals surface area contributed by atoms with Gasteiger partial charge < -0.3 is 10.5 Å². The summed E-state index contributed by atoms with van der Waals surface area (Å²) in [5.74, 6) is -0.371. The summed E-state index contributed by atoms with van der Waals surface area (Å²) in [5.41, 5.74) is 7.34. The summed E-state index contributed by atoms with van der Waals surface area (Å²) in [7, 11) is -3.58. The van der Waals surface area contributed by atoms with Crippen molar-refractivity contribution in [3.8, 4) is 0 Å². The first-order valence-electron chi connectivity index (χ1n) is 10.2. The van der Waals surface area contributed by atoms with Crippen molar-refractivity contribution in [3.63, 3.8) is 0 Å². The van der Waals surface area contributed by atoms with Gasteiger partial charge in [0.05, 0.1) is 11.0 Å². The summed E-state index contributed by atoms with van der Waals surface area (Å²) in [6.45, 7) is 3.83. The first-order chi connectivity index (χ1) is 14.3. The van der Waals surface area contributed by atoms with Crippen molar-refractivity contribution < 1.29 is 22.1 Å². The summed E-state index contributed by atoms with van der Waals surface area (Å²) >= 11 is 0. The Kier molecular flexibility index (Phi) is 9.49. The Balaban J connectivity index is 0.000000222. The van der Waals surface area contributed by atoms with E-state index >= 15 is 0 Å². The maximum atomic E-state index is 12.0. The van der Waals surface area contributed by atoms with E-state index in [1.807, 2.05) is 37.3 Å². The van der Waals surface area contributed by atoms with Crippen molar-refractivity contribution in [1.29, 1.82) is 0 Å². The number of rotatable bonds is 6. The molecule has 2 N–H and O–H groups in total. The second kappa shape index (κ2) is 11.8. The lowest BCUT2D eigenvalue weighted by Crippen LogP contribution is -2.28. The van der Waals surface area contributed by atoms with Crippen LogP contribution in [-0.4, -0.2) is 26.5 Å². The molecule has 1 aliphatic rings. The SMILES string of the molecule is C[C@H](N)C(=O)OCc1ccccc1.Cc1ccc(S(=O)(=O)OC2CCCCC2)cc1. The zero-order chi connectivity index (χ0) is 22.0. The fourth-order valence-corrected chi connectivity index (χ4v) is 4.09. The average Bonchev–Trinajstić information content (AvgIpc) is 2.74. The minimum absolute atomic E-state index is 0.130. The lowest BCUT2D eigenvalue weighted by atomic mass is 9.98. The third kappa shape index (κ3) is 8.26. The fraction of sp³-hybridized carbons (Fsp3) is 0.435. The van der Waals surface area contributed by atoms with Crippen LogP contribution in [0.2, 0.25) is 0 Å². The quantitative estimate of drug-likeness (QED) is 0.544. The largest absolute Gasteiger partial charge is 0.460 e. The standard InChI is InChI=1S/C13H18O3S.C10H13NO2/c1-11-7-9-13(10-8-11)17(14,15)16-12-5-3-2-4-6-12;1-8(11)10(12)13-7-9-5-3-2-4-6-9/h7-10,12H,2-6H2,1H3;2-6,8H,7,11H2,1H3/t;8-/m.0/s1. The molecule has 2 aromatic carbocycles. The van der Waals surface area contributed by atoms with Gasteiger partial charge in [0, 0.05) is 0 Å². The molecule has 0 heterocycles. The van der Waals surface area contributed by atoms with Crippen molar-refractivity contribution in [2.24, 2.45) is 5.73 Å². The highest BCUT2D eigenvalue weighted by molar-refractivity contribution is 7.86. The van der Waals surface area contributed by atoms with E-state index in [9.17, 15) is 13.2 Å². The van der Waals surface area contributed by atoms with E-state index in [0.29, 0.717) is 6.61 Å². The van der Waals surface area contributed by atoms with Crippen LogP contribution >= 0.6 is 0 Å². The number of hydrogen-bond donors (Lipinski definition) is 1. The molecule has 1 saturated carbocycles. The van der Waals surface area contributed by atoms with Gasteiger partial charge in [-0.1, -0.05) is 67.3 Å². The van der Waals surface area contributed by atoms with Crippen LogP contribution in [0, 0.1) is 6.92 Å². The van der Waals surface area contributed by atoms with E-state index in [2.05, 4.69) is 0 Å². The summed E-state index contributed by atoms with van der Waals surface area (Å²) in [6.07, 6.45) is 4.89. The molecular formula is C23H31NO5S. The van der Waals surface area contributed by atoms with Gasteiger partial charge in [-0.2, -0.15) is 8.42 Å². The van der Waals surface area contributed by atoms with Crippen molar-refractivity contribution in [2.75, 3.05) is 0 Å². The molecule has 164 valence electrons. The summed E-state index contributed by atoms with van der Waals surface area (Å²) in [5, 5.41) is 0. The molecule has 0 radical (unpaired) electrons. The average molecular weight is 434 g/mol. The highest BCUT2D eigenvalue weighted by Crippen LogP contribution is 2.24. The number of hydrogen-bond acceptors (Lipinski definition) is 6. The minimum atomic E-state index is -3.58. The normalized spacial score (nSPS) is 15.6. The van der Waals surface area contributed by atoms with Gasteiger partial charge in [-0.05, 0) is 44.4 Å². The number of aryl methyl sites for hydroxylation is 1. The molecule has 7 heteroatoms. The van der Waals surface area contributed by atoms with Crippen molar-refractivity contribution in [2.45, 2.75) is 69.6 Å². The van der Waals surface area contributed by atoms with E-state index in [1.165, 1.54) is 6.42 Å². The maximum absolute atomic E-state index is 12.0. The van der Waals surface area contributed by atoms with Gasteiger partial charge in [-0.3, -0.25) is 8.98 Å². The van der Waals surface area contributed by atoms with Crippen LogP contribution < -0.4 is 5.73 Å². The Labute approximate surface area is 179 Å². The Hall–Kier alpha value is -2.22. The molecule has 0 saturated heterocycles. The van der Waals surface area contributed by atoms with Crippen molar-refractivity contribution in [3.05, 3.63) is 65.7 Å². The molecule has 2 aromatic rings. The van der Waals surface area contributed by atoms with Gasteiger partial charge in [0.25, 0.3) is 10.1 Å². The lowest BCUT2D eigenvalue weighted by Gasteiger charge is -2.21. The van der Waals surface area contributed by atoms with E-state index in [4.69, 9.17) is 14.7 Å². The summed E-state index contributed by atoms with van der Waals surface area (Å²) < 4.78 is 34.2. The zero-order valence-electron chi connectivity index (χ0n) is 17.6. The minimum Gasteiger partial charge on any atom is -0.460 e. The molecule has 3 rings (SSSR count). The predicted molar refractivity (Wildman–Crippen MR) is 116 cm³/mol. The number of esters is 1. The number of carbonyl (C=O) groups is 1. The van der Waals surface area contributed by atoms with E-state index < -0.39 is 16.2 Å². The Bertz CT molecular complexity index is 874. The maximum Gasteiger partial charge on any atom is 0.322 e. The van der Waals surface area contributed by atoms with Crippen LogP contribution in [0.5, 0.6) is 0 Å². The van der Waals surface area contributed by atoms with Crippen LogP contribution in [0.15, 0.2) is 59.5 Å². The summed E-state index contributed by atoms with van der Waals surface area (Å²) in [6, 6.07) is 15.7. The van der Waals surface area contributed by atoms with Gasteiger partial charge >= 0.3 is 5.97 Å². The molecule has 1 fully saturated rings. The number of ether oxygens (including phenoxy) is 1. The van der Waals surface area contributed by atoms with Crippen molar-refractivity contribution >= 4 is 16.1 Å². The van der Waals surface area contributed by atoms with Gasteiger partial charge in [-0.25, -0.2) is 0 Å². The van der Waals surface area contributed by atoms with Crippen molar-refractivity contribution in [1.82, 2.24) is 0 Å². The molecule has 0 aromatic heterocycles. The van der Waals surface area contributed by atoms with Crippen LogP contribution in [-0.2, 0) is 30.4 Å². The summed E-state index contributed by atoms with van der Waals surface area (Å²) in [4.78, 5) is 11.2. The molecule has 0 spiro atoms. The van der Waals surface area contributed by atoms with Crippen LogP contribution in [0.3, 0.4) is 0 Å². The van der Waals surface area contributed by atoms with E-state index in [-0.39, 0.29) is 17.0 Å². The number of carbonyl (C=O) groups excluding carboxylic acids is 1. The topological polar surface area (TPSA) is 95.7 Å². The molecule has 1 aliphatic carbocycles. The van der Waals surface area contributed by atoms with Crippen LogP contribution in [0.1, 0.15) is 50.2 Å². The molecule has 0 amide bonds. The first-order valence-corrected chi connectivity index (χ1v) is 11.6. The van der Waals surface area contributed by atoms with Crippen LogP contribution in [0.25, 0.3) is 0 Å². The van der Waals surface area contributed by atoms with Gasteiger partial charge in [-0.15, -0.1) is 0 Å². The third-order valence-corrected chi connectivity index (χ3v) is 6.10. The third-order valence-electron chi connectivity index (χ3n) is 4.72. The smallest absolute Gasteiger partial charge is 0.322 e. The number of benzene rings is 2. The van der Waals surface area contributed by atoms with E-state index in [0.717, 1.165) is 36.8 Å². The second-order valence-electron chi connectivity index (χ2n) is 7.51. The highest BCUT2D eigenvalue weighted by atomic mass is 32.2. The van der Waals surface area contributed by atoms with E-state index in [1.54, 1.807) is 31.2 Å². The molecule has 6 nitrogen and oxygen atoms in total. The monoisotopic (exact) mass is 433 g/mol. The molecule has 0 bridgehead atoms. The first kappa shape index (κ1) is 24.1. The van der Waals surface area contributed by atoms with Crippen LogP contribution in [0.4, 0.5) is 0 Å². The fourth-order valence-electron chi connectivity index (χ4n) is 2.96. The zero-order valence-corrected chi connectivity index (χ0v) is 18.4. The molecule has 0 aliphatic heterocycles. The second-order valence-corrected chi connectivity index (χ2v) is 9.08. The molecule has 30 heavy (non-hydrogen) atoms. The lowest BCUT2D eigenvalue weighted by molar-refractivity contribution is -0.146. The van der Waals surface area contributed by atoms with Gasteiger partial charge in [0.1, 0.15) is 12.6 Å². The number of nitrogens with two attached hydrogens (primary N) is 1. The molecule has 0 unspecified atom stereocenters. The Morgan fingerprint density at radius 1 is 1.03 bits per heavy atom. The predicted octanol–water partition coefficient (Wildman–Crippen LogP) is 4.11.